The Hall–Kier alpha value is -2.24. The van der Waals surface area contributed by atoms with Gasteiger partial charge in [-0.25, -0.2) is 4.79 Å². The van der Waals surface area contributed by atoms with E-state index in [0.29, 0.717) is 30.3 Å². The topological polar surface area (TPSA) is 65.1 Å². The Morgan fingerprint density at radius 3 is 2.50 bits per heavy atom. The van der Waals surface area contributed by atoms with Crippen LogP contribution in [0.4, 0.5) is 0 Å². The van der Waals surface area contributed by atoms with Gasteiger partial charge in [0.2, 0.25) is 5.91 Å². The van der Waals surface area contributed by atoms with Crippen molar-refractivity contribution in [1.82, 2.24) is 4.90 Å². The van der Waals surface area contributed by atoms with Crippen molar-refractivity contribution in [3.8, 4) is 11.5 Å². The summed E-state index contributed by atoms with van der Waals surface area (Å²) in [4.78, 5) is 27.3. The third-order valence-electron chi connectivity index (χ3n) is 6.42. The van der Waals surface area contributed by atoms with Crippen LogP contribution in [0.3, 0.4) is 0 Å². The zero-order chi connectivity index (χ0) is 18.6. The summed E-state index contributed by atoms with van der Waals surface area (Å²) in [6, 6.07) is 3.39. The van der Waals surface area contributed by atoms with Gasteiger partial charge in [0.25, 0.3) is 0 Å². The molecule has 1 aromatic rings. The fourth-order valence-corrected chi connectivity index (χ4v) is 5.57. The van der Waals surface area contributed by atoms with E-state index < -0.39 is 11.6 Å². The number of hydrogen-bond donors (Lipinski definition) is 0. The van der Waals surface area contributed by atoms with E-state index in [2.05, 4.69) is 6.92 Å². The van der Waals surface area contributed by atoms with Gasteiger partial charge in [-0.2, -0.15) is 0 Å². The van der Waals surface area contributed by atoms with Crippen LogP contribution in [0.1, 0.15) is 37.3 Å². The first-order valence-electron chi connectivity index (χ1n) is 9.11. The third-order valence-corrected chi connectivity index (χ3v) is 6.42. The molecule has 0 aromatic heterocycles. The highest BCUT2D eigenvalue weighted by atomic mass is 16.5. The Labute approximate surface area is 153 Å². The highest BCUT2D eigenvalue weighted by molar-refractivity contribution is 5.89. The van der Waals surface area contributed by atoms with Crippen molar-refractivity contribution in [3.05, 3.63) is 23.3 Å². The second-order valence-corrected chi connectivity index (χ2v) is 7.74. The molecule has 140 valence electrons. The second kappa shape index (κ2) is 5.89. The van der Waals surface area contributed by atoms with Gasteiger partial charge >= 0.3 is 5.97 Å². The first kappa shape index (κ1) is 17.2. The number of fused-ring (bicyclic) bond motifs is 1. The van der Waals surface area contributed by atoms with E-state index in [9.17, 15) is 9.59 Å². The maximum atomic E-state index is 12.9. The summed E-state index contributed by atoms with van der Waals surface area (Å²) in [5.74, 6) is 1.72. The lowest BCUT2D eigenvalue weighted by Crippen LogP contribution is -2.57. The lowest BCUT2D eigenvalue weighted by Gasteiger charge is -2.47. The van der Waals surface area contributed by atoms with Gasteiger partial charge in [-0.15, -0.1) is 0 Å². The van der Waals surface area contributed by atoms with Gasteiger partial charge in [-0.3, -0.25) is 4.79 Å². The van der Waals surface area contributed by atoms with Gasteiger partial charge in [0.1, 0.15) is 6.04 Å². The van der Waals surface area contributed by atoms with E-state index in [1.54, 1.807) is 14.2 Å². The maximum Gasteiger partial charge on any atom is 0.328 e. The number of carbonyl (C=O) groups is 2. The van der Waals surface area contributed by atoms with E-state index in [4.69, 9.17) is 14.2 Å². The summed E-state index contributed by atoms with van der Waals surface area (Å²) in [7, 11) is 4.61. The summed E-state index contributed by atoms with van der Waals surface area (Å²) in [6.45, 7) is 2.22. The Morgan fingerprint density at radius 2 is 1.85 bits per heavy atom. The van der Waals surface area contributed by atoms with Gasteiger partial charge in [0.05, 0.1) is 26.9 Å². The van der Waals surface area contributed by atoms with Crippen molar-refractivity contribution in [3.63, 3.8) is 0 Å². The molecule has 2 unspecified atom stereocenters. The number of carbonyl (C=O) groups excluding carboxylic acids is 2. The van der Waals surface area contributed by atoms with E-state index in [1.807, 2.05) is 17.0 Å². The number of amides is 1. The quantitative estimate of drug-likeness (QED) is 0.775. The highest BCUT2D eigenvalue weighted by Crippen LogP contribution is 2.60. The molecule has 0 radical (unpaired) electrons. The Kier molecular flexibility index (Phi) is 3.90. The monoisotopic (exact) mass is 359 g/mol. The normalized spacial score (nSPS) is 31.9. The predicted octanol–water partition coefficient (Wildman–Crippen LogP) is 2.28. The van der Waals surface area contributed by atoms with E-state index in [0.717, 1.165) is 24.0 Å². The molecule has 1 aliphatic carbocycles. The van der Waals surface area contributed by atoms with Crippen LogP contribution >= 0.6 is 0 Å². The smallest absolute Gasteiger partial charge is 0.328 e. The number of rotatable bonds is 3. The second-order valence-electron chi connectivity index (χ2n) is 7.74. The standard InChI is InChI=1S/C20H25NO5/c1-11-5-13-8-18(22)21-15(19(23)26-4)6-12-7-16(24-2)17(25-3)9-14(12)20(13,21)10-11/h7,9,11,13,15H,5-6,8,10H2,1-4H3/t11-,13?,15+,20?/m1/s1. The van der Waals surface area contributed by atoms with Crippen molar-refractivity contribution in [2.75, 3.05) is 21.3 Å². The van der Waals surface area contributed by atoms with Gasteiger partial charge in [0, 0.05) is 12.8 Å². The molecular weight excluding hydrogens is 334 g/mol. The molecule has 1 amide bonds. The average Bonchev–Trinajstić information content (AvgIpc) is 3.08. The minimum Gasteiger partial charge on any atom is -0.493 e. The Morgan fingerprint density at radius 1 is 1.15 bits per heavy atom. The number of esters is 1. The molecule has 0 bridgehead atoms. The molecule has 1 saturated carbocycles. The molecule has 6 nitrogen and oxygen atoms in total. The van der Waals surface area contributed by atoms with Gasteiger partial charge in [0.15, 0.2) is 11.5 Å². The maximum absolute atomic E-state index is 12.9. The van der Waals surface area contributed by atoms with Crippen molar-refractivity contribution < 1.29 is 23.8 Å². The van der Waals surface area contributed by atoms with Gasteiger partial charge < -0.3 is 19.1 Å². The van der Waals surface area contributed by atoms with E-state index in [-0.39, 0.29) is 17.8 Å². The number of hydrogen-bond acceptors (Lipinski definition) is 5. The Bertz CT molecular complexity index is 776. The number of methoxy groups -OCH3 is 3. The van der Waals surface area contributed by atoms with Crippen molar-refractivity contribution in [2.24, 2.45) is 11.8 Å². The first-order chi connectivity index (χ1) is 12.5. The minimum atomic E-state index is -0.576. The first-order valence-corrected chi connectivity index (χ1v) is 9.11. The average molecular weight is 359 g/mol. The molecule has 4 atom stereocenters. The molecule has 4 rings (SSSR count). The zero-order valence-corrected chi connectivity index (χ0v) is 15.7. The van der Waals surface area contributed by atoms with E-state index in [1.165, 1.54) is 7.11 Å². The van der Waals surface area contributed by atoms with Crippen molar-refractivity contribution in [2.45, 2.75) is 44.2 Å². The predicted molar refractivity (Wildman–Crippen MR) is 94.1 cm³/mol. The molecule has 1 aromatic carbocycles. The van der Waals surface area contributed by atoms with Crippen LogP contribution in [-0.2, 0) is 26.3 Å². The van der Waals surface area contributed by atoms with Crippen LogP contribution < -0.4 is 9.47 Å². The highest BCUT2D eigenvalue weighted by Gasteiger charge is 2.63. The molecule has 6 heteroatoms. The number of ether oxygens (including phenoxy) is 3. The fourth-order valence-electron chi connectivity index (χ4n) is 5.57. The summed E-state index contributed by atoms with van der Waals surface area (Å²) in [5.41, 5.74) is 1.71. The largest absolute Gasteiger partial charge is 0.493 e. The van der Waals surface area contributed by atoms with Crippen LogP contribution in [0.15, 0.2) is 12.1 Å². The third kappa shape index (κ3) is 2.10. The summed E-state index contributed by atoms with van der Waals surface area (Å²) < 4.78 is 16.0. The van der Waals surface area contributed by atoms with Gasteiger partial charge in [-0.05, 0) is 47.9 Å². The lowest BCUT2D eigenvalue weighted by atomic mass is 9.74. The number of benzene rings is 1. The molecule has 1 spiro atoms. The molecular formula is C20H25NO5. The summed E-state index contributed by atoms with van der Waals surface area (Å²) in [6.07, 6.45) is 2.78. The zero-order valence-electron chi connectivity index (χ0n) is 15.7. The van der Waals surface area contributed by atoms with Crippen LogP contribution in [0.5, 0.6) is 11.5 Å². The molecule has 26 heavy (non-hydrogen) atoms. The van der Waals surface area contributed by atoms with E-state index >= 15 is 0 Å². The Balaban J connectivity index is 1.96. The van der Waals surface area contributed by atoms with Crippen LogP contribution in [0.25, 0.3) is 0 Å². The molecule has 3 aliphatic rings. The lowest BCUT2D eigenvalue weighted by molar-refractivity contribution is -0.156. The fraction of sp³-hybridized carbons (Fsp3) is 0.600. The van der Waals surface area contributed by atoms with Crippen LogP contribution in [0.2, 0.25) is 0 Å². The molecule has 2 fully saturated rings. The molecule has 0 N–H and O–H groups in total. The molecule has 2 heterocycles. The summed E-state index contributed by atoms with van der Waals surface area (Å²) >= 11 is 0. The SMILES string of the molecule is COC(=O)[C@@H]1Cc2cc(OC)c(OC)cc2C23C[C@H](C)CC2CC(=O)N13. The van der Waals surface area contributed by atoms with Gasteiger partial charge in [-0.1, -0.05) is 6.92 Å². The van der Waals surface area contributed by atoms with Crippen molar-refractivity contribution >= 4 is 11.9 Å². The summed E-state index contributed by atoms with van der Waals surface area (Å²) in [5, 5.41) is 0. The van der Waals surface area contributed by atoms with Crippen molar-refractivity contribution in [1.29, 1.82) is 0 Å². The molecule has 2 aliphatic heterocycles. The minimum absolute atomic E-state index is 0.0535. The van der Waals surface area contributed by atoms with Crippen LogP contribution in [-0.4, -0.2) is 44.1 Å². The number of nitrogens with zero attached hydrogens (tertiary/aromatic N) is 1. The molecule has 1 saturated heterocycles. The van der Waals surface area contributed by atoms with Crippen LogP contribution in [0, 0.1) is 11.8 Å².